The summed E-state index contributed by atoms with van der Waals surface area (Å²) in [7, 11) is 1.57. The number of carboxylic acids is 1. The largest absolute Gasteiger partial charge is 0.480 e. The van der Waals surface area contributed by atoms with E-state index in [1.807, 2.05) is 13.8 Å². The molecule has 1 atom stereocenters. The first-order valence-corrected chi connectivity index (χ1v) is 4.40. The van der Waals surface area contributed by atoms with Gasteiger partial charge in [0, 0.05) is 7.11 Å². The van der Waals surface area contributed by atoms with Crippen LogP contribution in [0, 0.1) is 0 Å². The Bertz CT molecular complexity index is 203. The summed E-state index contributed by atoms with van der Waals surface area (Å²) in [5, 5.41) is 11.0. The molecular formula is C9H17NO4. The molecule has 5 heteroatoms. The maximum atomic E-state index is 10.6. The van der Waals surface area contributed by atoms with Gasteiger partial charge >= 0.3 is 5.97 Å². The number of hydrogen-bond acceptors (Lipinski definition) is 3. The van der Waals surface area contributed by atoms with Gasteiger partial charge in [0.15, 0.2) is 0 Å². The summed E-state index contributed by atoms with van der Waals surface area (Å²) in [4.78, 5) is 20.7. The van der Waals surface area contributed by atoms with Crippen LogP contribution in [0.4, 0.5) is 0 Å². The highest BCUT2D eigenvalue weighted by atomic mass is 16.5. The van der Waals surface area contributed by atoms with Crippen molar-refractivity contribution in [2.24, 2.45) is 0 Å². The van der Waals surface area contributed by atoms with Crippen molar-refractivity contribution in [1.29, 1.82) is 0 Å². The molecule has 0 aliphatic heterocycles. The molecule has 82 valence electrons. The normalized spacial score (nSPS) is 13.4. The molecule has 0 aromatic carbocycles. The molecule has 0 bridgehead atoms. The zero-order valence-corrected chi connectivity index (χ0v) is 8.74. The van der Waals surface area contributed by atoms with E-state index in [2.05, 4.69) is 5.32 Å². The van der Waals surface area contributed by atoms with Gasteiger partial charge in [-0.3, -0.25) is 4.79 Å². The van der Waals surface area contributed by atoms with Crippen molar-refractivity contribution in [3.8, 4) is 0 Å². The van der Waals surface area contributed by atoms with Gasteiger partial charge in [-0.15, -0.1) is 0 Å². The minimum absolute atomic E-state index is 0.356. The molecule has 0 heterocycles. The predicted octanol–water partition coefficient (Wildman–Crippen LogP) is 0.391. The van der Waals surface area contributed by atoms with Gasteiger partial charge in [0.1, 0.15) is 6.04 Å². The van der Waals surface area contributed by atoms with Gasteiger partial charge in [0.25, 0.3) is 0 Å². The number of carbonyl (C=O) groups excluding carboxylic acids is 1. The Morgan fingerprint density at radius 2 is 2.21 bits per heavy atom. The molecule has 5 nitrogen and oxygen atoms in total. The second-order valence-electron chi connectivity index (χ2n) is 3.68. The third-order valence-electron chi connectivity index (χ3n) is 2.15. The Balaban J connectivity index is 4.05. The van der Waals surface area contributed by atoms with Crippen molar-refractivity contribution >= 4 is 12.4 Å². The maximum absolute atomic E-state index is 10.6. The molecule has 0 aliphatic rings. The van der Waals surface area contributed by atoms with Crippen LogP contribution in [0.3, 0.4) is 0 Å². The molecule has 1 unspecified atom stereocenters. The van der Waals surface area contributed by atoms with Crippen molar-refractivity contribution in [2.75, 3.05) is 7.11 Å². The zero-order chi connectivity index (χ0) is 11.2. The van der Waals surface area contributed by atoms with Crippen molar-refractivity contribution < 1.29 is 19.4 Å². The van der Waals surface area contributed by atoms with Gasteiger partial charge in [-0.1, -0.05) is 0 Å². The summed E-state index contributed by atoms with van der Waals surface area (Å²) in [6.07, 6.45) is 1.33. The van der Waals surface area contributed by atoms with Crippen LogP contribution in [0.15, 0.2) is 0 Å². The van der Waals surface area contributed by atoms with Gasteiger partial charge < -0.3 is 15.2 Å². The Morgan fingerprint density at radius 3 is 2.57 bits per heavy atom. The van der Waals surface area contributed by atoms with Crippen molar-refractivity contribution in [2.45, 2.75) is 38.3 Å². The zero-order valence-electron chi connectivity index (χ0n) is 8.74. The molecule has 0 rings (SSSR count). The van der Waals surface area contributed by atoms with E-state index in [4.69, 9.17) is 9.84 Å². The van der Waals surface area contributed by atoms with Crippen LogP contribution in [-0.2, 0) is 14.3 Å². The van der Waals surface area contributed by atoms with Crippen molar-refractivity contribution in [3.63, 3.8) is 0 Å². The Labute approximate surface area is 83.4 Å². The van der Waals surface area contributed by atoms with E-state index < -0.39 is 12.0 Å². The number of carboxylic acid groups (broad SMARTS) is 1. The van der Waals surface area contributed by atoms with E-state index in [9.17, 15) is 9.59 Å². The van der Waals surface area contributed by atoms with Crippen LogP contribution in [0.2, 0.25) is 0 Å². The van der Waals surface area contributed by atoms with Gasteiger partial charge in [0.05, 0.1) is 5.60 Å². The number of amides is 1. The lowest BCUT2D eigenvalue weighted by molar-refractivity contribution is -0.141. The molecule has 0 aromatic rings. The molecule has 1 amide bonds. The highest BCUT2D eigenvalue weighted by Gasteiger charge is 2.22. The van der Waals surface area contributed by atoms with E-state index in [-0.39, 0.29) is 5.60 Å². The number of hydrogen-bond donors (Lipinski definition) is 2. The van der Waals surface area contributed by atoms with Crippen LogP contribution >= 0.6 is 0 Å². The average molecular weight is 203 g/mol. The van der Waals surface area contributed by atoms with Crippen LogP contribution in [0.25, 0.3) is 0 Å². The lowest BCUT2D eigenvalue weighted by Gasteiger charge is -2.24. The molecule has 0 fully saturated rings. The fourth-order valence-corrected chi connectivity index (χ4v) is 0.954. The fraction of sp³-hybridized carbons (Fsp3) is 0.778. The van der Waals surface area contributed by atoms with Gasteiger partial charge in [-0.2, -0.15) is 0 Å². The Kier molecular flexibility index (Phi) is 5.15. The molecule has 0 saturated heterocycles. The first kappa shape index (κ1) is 12.9. The monoisotopic (exact) mass is 203 g/mol. The summed E-state index contributed by atoms with van der Waals surface area (Å²) < 4.78 is 5.14. The first-order chi connectivity index (χ1) is 6.43. The second-order valence-corrected chi connectivity index (χ2v) is 3.68. The van der Waals surface area contributed by atoms with E-state index in [1.54, 1.807) is 7.11 Å². The lowest BCUT2D eigenvalue weighted by atomic mass is 9.99. The predicted molar refractivity (Wildman–Crippen MR) is 50.9 cm³/mol. The van der Waals surface area contributed by atoms with Gasteiger partial charge in [-0.05, 0) is 26.7 Å². The van der Waals surface area contributed by atoms with Gasteiger partial charge in [-0.25, -0.2) is 4.79 Å². The highest BCUT2D eigenvalue weighted by Crippen LogP contribution is 2.16. The quantitative estimate of drug-likeness (QED) is 0.587. The third-order valence-corrected chi connectivity index (χ3v) is 2.15. The molecule has 2 N–H and O–H groups in total. The van der Waals surface area contributed by atoms with Crippen LogP contribution in [0.1, 0.15) is 26.7 Å². The number of aliphatic carboxylic acids is 1. The van der Waals surface area contributed by atoms with E-state index >= 15 is 0 Å². The number of rotatable bonds is 7. The summed E-state index contributed by atoms with van der Waals surface area (Å²) >= 11 is 0. The summed E-state index contributed by atoms with van der Waals surface area (Å²) in [6.45, 7) is 3.74. The van der Waals surface area contributed by atoms with Crippen LogP contribution in [-0.4, -0.2) is 36.2 Å². The van der Waals surface area contributed by atoms with Gasteiger partial charge in [0.2, 0.25) is 6.41 Å². The molecule has 0 saturated carbocycles. The summed E-state index contributed by atoms with van der Waals surface area (Å²) in [5.41, 5.74) is -0.363. The topological polar surface area (TPSA) is 75.6 Å². The Hall–Kier alpha value is -1.10. The maximum Gasteiger partial charge on any atom is 0.326 e. The number of methoxy groups -OCH3 is 1. The second kappa shape index (κ2) is 5.59. The molecule has 0 spiro atoms. The number of carbonyl (C=O) groups is 2. The summed E-state index contributed by atoms with van der Waals surface area (Å²) in [6, 6.07) is -0.832. The smallest absolute Gasteiger partial charge is 0.326 e. The minimum Gasteiger partial charge on any atom is -0.480 e. The van der Waals surface area contributed by atoms with Crippen molar-refractivity contribution in [3.05, 3.63) is 0 Å². The molecular weight excluding hydrogens is 186 g/mol. The Morgan fingerprint density at radius 1 is 1.64 bits per heavy atom. The van der Waals surface area contributed by atoms with E-state index in [0.29, 0.717) is 19.3 Å². The highest BCUT2D eigenvalue weighted by molar-refractivity contribution is 5.76. The van der Waals surface area contributed by atoms with E-state index in [0.717, 1.165) is 0 Å². The lowest BCUT2D eigenvalue weighted by Crippen LogP contribution is -2.37. The summed E-state index contributed by atoms with van der Waals surface area (Å²) in [5.74, 6) is -1.02. The molecule has 14 heavy (non-hydrogen) atoms. The third kappa shape index (κ3) is 4.81. The minimum atomic E-state index is -1.02. The molecule has 0 radical (unpaired) electrons. The fourth-order valence-electron chi connectivity index (χ4n) is 0.954. The van der Waals surface area contributed by atoms with Crippen LogP contribution < -0.4 is 5.32 Å². The van der Waals surface area contributed by atoms with Crippen LogP contribution in [0.5, 0.6) is 0 Å². The molecule has 0 aromatic heterocycles. The average Bonchev–Trinajstić information content (AvgIpc) is 2.12. The SMILES string of the molecule is COC(C)(C)CCC(NC=O)C(=O)O. The standard InChI is InChI=1S/C9H17NO4/c1-9(2,14-3)5-4-7(8(12)13)10-6-11/h6-7H,4-5H2,1-3H3,(H,10,11)(H,12,13). The number of ether oxygens (including phenoxy) is 1. The van der Waals surface area contributed by atoms with E-state index in [1.165, 1.54) is 0 Å². The molecule has 0 aliphatic carbocycles. The van der Waals surface area contributed by atoms with Crippen molar-refractivity contribution in [1.82, 2.24) is 5.32 Å². The first-order valence-electron chi connectivity index (χ1n) is 4.40. The number of nitrogens with one attached hydrogen (secondary N) is 1.